The normalized spacial score (nSPS) is 11.2. The van der Waals surface area contributed by atoms with Crippen LogP contribution >= 0.6 is 0 Å². The van der Waals surface area contributed by atoms with Crippen LogP contribution in [0.15, 0.2) is 30.5 Å². The third-order valence-electron chi connectivity index (χ3n) is 2.88. The molecule has 2 aromatic rings. The molecule has 2 rings (SSSR count). The highest BCUT2D eigenvalue weighted by Crippen LogP contribution is 2.10. The lowest BCUT2D eigenvalue weighted by molar-refractivity contribution is 0.400. The van der Waals surface area contributed by atoms with Gasteiger partial charge in [-0.25, -0.2) is 0 Å². The number of nitrogens with one attached hydrogen (secondary N) is 1. The van der Waals surface area contributed by atoms with Crippen molar-refractivity contribution in [2.24, 2.45) is 7.05 Å². The Hall–Kier alpha value is -1.72. The molecule has 0 atom stereocenters. The van der Waals surface area contributed by atoms with Crippen molar-refractivity contribution < 1.29 is 0 Å². The standard InChI is InChI=1S/C14H21N5/c1-18(2)10-13-7-5-4-6-12(13)8-15-9-14-11-19(3)17-16-14/h4-7,11,15H,8-10H2,1-3H3. The maximum absolute atomic E-state index is 4.06. The number of aryl methyl sites for hydroxylation is 1. The number of hydrogen-bond acceptors (Lipinski definition) is 4. The van der Waals surface area contributed by atoms with Crippen LogP contribution in [0.5, 0.6) is 0 Å². The first-order valence-corrected chi connectivity index (χ1v) is 6.42. The maximum Gasteiger partial charge on any atom is 0.0964 e. The molecule has 0 amide bonds. The van der Waals surface area contributed by atoms with Crippen LogP contribution in [-0.4, -0.2) is 34.0 Å². The largest absolute Gasteiger partial charge is 0.307 e. The lowest BCUT2D eigenvalue weighted by Gasteiger charge is -2.14. The van der Waals surface area contributed by atoms with E-state index >= 15 is 0 Å². The van der Waals surface area contributed by atoms with Crippen LogP contribution in [0.25, 0.3) is 0 Å². The van der Waals surface area contributed by atoms with E-state index in [9.17, 15) is 0 Å². The quantitative estimate of drug-likeness (QED) is 0.846. The summed E-state index contributed by atoms with van der Waals surface area (Å²) >= 11 is 0. The van der Waals surface area contributed by atoms with E-state index in [1.165, 1.54) is 11.1 Å². The highest BCUT2D eigenvalue weighted by atomic mass is 15.4. The number of benzene rings is 1. The van der Waals surface area contributed by atoms with Crippen molar-refractivity contribution in [3.05, 3.63) is 47.3 Å². The Bertz CT molecular complexity index is 518. The predicted molar refractivity (Wildman–Crippen MR) is 75.4 cm³/mol. The van der Waals surface area contributed by atoms with Gasteiger partial charge in [0.2, 0.25) is 0 Å². The lowest BCUT2D eigenvalue weighted by atomic mass is 10.1. The minimum absolute atomic E-state index is 0.740. The molecule has 5 nitrogen and oxygen atoms in total. The van der Waals surface area contributed by atoms with Crippen molar-refractivity contribution in [2.75, 3.05) is 14.1 Å². The van der Waals surface area contributed by atoms with E-state index in [1.54, 1.807) is 4.68 Å². The number of rotatable bonds is 6. The lowest BCUT2D eigenvalue weighted by Crippen LogP contribution is -2.17. The zero-order valence-electron chi connectivity index (χ0n) is 11.8. The van der Waals surface area contributed by atoms with Crippen LogP contribution in [-0.2, 0) is 26.7 Å². The van der Waals surface area contributed by atoms with Gasteiger partial charge in [0.1, 0.15) is 0 Å². The van der Waals surface area contributed by atoms with Gasteiger partial charge in [-0.3, -0.25) is 4.68 Å². The van der Waals surface area contributed by atoms with Crippen LogP contribution in [0.2, 0.25) is 0 Å². The topological polar surface area (TPSA) is 46.0 Å². The van der Waals surface area contributed by atoms with E-state index < -0.39 is 0 Å². The molecule has 1 aromatic heterocycles. The van der Waals surface area contributed by atoms with Crippen LogP contribution in [0.3, 0.4) is 0 Å². The van der Waals surface area contributed by atoms with Crippen LogP contribution in [0.1, 0.15) is 16.8 Å². The maximum atomic E-state index is 4.06. The molecule has 0 radical (unpaired) electrons. The second-order valence-corrected chi connectivity index (χ2v) is 4.99. The van der Waals surface area contributed by atoms with Gasteiger partial charge >= 0.3 is 0 Å². The molecule has 0 saturated carbocycles. The Labute approximate surface area is 114 Å². The molecule has 5 heteroatoms. The highest BCUT2D eigenvalue weighted by molar-refractivity contribution is 5.26. The predicted octanol–water partition coefficient (Wildman–Crippen LogP) is 1.17. The fourth-order valence-electron chi connectivity index (χ4n) is 2.03. The van der Waals surface area contributed by atoms with Gasteiger partial charge in [0.25, 0.3) is 0 Å². The molecule has 1 aromatic carbocycles. The Morgan fingerprint density at radius 2 is 1.89 bits per heavy atom. The van der Waals surface area contributed by atoms with Gasteiger partial charge in [-0.2, -0.15) is 0 Å². The zero-order chi connectivity index (χ0) is 13.7. The van der Waals surface area contributed by atoms with Gasteiger partial charge in [0.05, 0.1) is 5.69 Å². The smallest absolute Gasteiger partial charge is 0.0964 e. The molecule has 102 valence electrons. The summed E-state index contributed by atoms with van der Waals surface area (Å²) in [4.78, 5) is 2.18. The van der Waals surface area contributed by atoms with E-state index in [-0.39, 0.29) is 0 Å². The van der Waals surface area contributed by atoms with Gasteiger partial charge in [0, 0.05) is 32.9 Å². The van der Waals surface area contributed by atoms with Gasteiger partial charge in [-0.1, -0.05) is 29.5 Å². The number of hydrogen-bond donors (Lipinski definition) is 1. The first kappa shape index (κ1) is 13.7. The molecule has 19 heavy (non-hydrogen) atoms. The zero-order valence-corrected chi connectivity index (χ0v) is 11.8. The van der Waals surface area contributed by atoms with Gasteiger partial charge in [-0.15, -0.1) is 5.10 Å². The highest BCUT2D eigenvalue weighted by Gasteiger charge is 2.03. The van der Waals surface area contributed by atoms with Gasteiger partial charge in [0.15, 0.2) is 0 Å². The average Bonchev–Trinajstić information content (AvgIpc) is 2.77. The molecular formula is C14H21N5. The summed E-state index contributed by atoms with van der Waals surface area (Å²) in [5.41, 5.74) is 3.66. The van der Waals surface area contributed by atoms with Crippen molar-refractivity contribution in [3.63, 3.8) is 0 Å². The van der Waals surface area contributed by atoms with Crippen molar-refractivity contribution in [1.29, 1.82) is 0 Å². The summed E-state index contributed by atoms with van der Waals surface area (Å²) in [5, 5.41) is 11.4. The van der Waals surface area contributed by atoms with E-state index in [0.29, 0.717) is 0 Å². The summed E-state index contributed by atoms with van der Waals surface area (Å²) in [6.45, 7) is 2.55. The Kier molecular flexibility index (Phi) is 4.65. The summed E-state index contributed by atoms with van der Waals surface area (Å²) in [6, 6.07) is 8.52. The molecule has 0 unspecified atom stereocenters. The van der Waals surface area contributed by atoms with E-state index in [2.05, 4.69) is 58.9 Å². The molecule has 0 aliphatic heterocycles. The second kappa shape index (κ2) is 6.45. The first-order chi connectivity index (χ1) is 9.15. The van der Waals surface area contributed by atoms with E-state index in [4.69, 9.17) is 0 Å². The van der Waals surface area contributed by atoms with E-state index in [1.807, 2.05) is 13.2 Å². The van der Waals surface area contributed by atoms with Crippen molar-refractivity contribution >= 4 is 0 Å². The van der Waals surface area contributed by atoms with Crippen LogP contribution in [0, 0.1) is 0 Å². The molecular weight excluding hydrogens is 238 g/mol. The van der Waals surface area contributed by atoms with E-state index in [0.717, 1.165) is 25.3 Å². The fourth-order valence-corrected chi connectivity index (χ4v) is 2.03. The van der Waals surface area contributed by atoms with Crippen LogP contribution in [0.4, 0.5) is 0 Å². The Morgan fingerprint density at radius 3 is 2.53 bits per heavy atom. The molecule has 0 bridgehead atoms. The summed E-state index contributed by atoms with van der Waals surface area (Å²) in [5.74, 6) is 0. The minimum atomic E-state index is 0.740. The second-order valence-electron chi connectivity index (χ2n) is 4.99. The summed E-state index contributed by atoms with van der Waals surface area (Å²) in [7, 11) is 6.05. The monoisotopic (exact) mass is 259 g/mol. The van der Waals surface area contributed by atoms with Crippen molar-refractivity contribution in [2.45, 2.75) is 19.6 Å². The minimum Gasteiger partial charge on any atom is -0.307 e. The third kappa shape index (κ3) is 4.15. The molecule has 1 N–H and O–H groups in total. The van der Waals surface area contributed by atoms with Gasteiger partial charge in [-0.05, 0) is 25.2 Å². The molecule has 0 fully saturated rings. The Morgan fingerprint density at radius 1 is 1.16 bits per heavy atom. The number of aromatic nitrogens is 3. The SMILES string of the molecule is CN(C)Cc1ccccc1CNCc1cn(C)nn1. The summed E-state index contributed by atoms with van der Waals surface area (Å²) in [6.07, 6.45) is 1.93. The first-order valence-electron chi connectivity index (χ1n) is 6.42. The van der Waals surface area contributed by atoms with Crippen LogP contribution < -0.4 is 5.32 Å². The molecule has 0 aliphatic carbocycles. The average molecular weight is 259 g/mol. The van der Waals surface area contributed by atoms with Crippen molar-refractivity contribution in [1.82, 2.24) is 25.2 Å². The molecule has 0 spiro atoms. The number of nitrogens with zero attached hydrogens (tertiary/aromatic N) is 4. The summed E-state index contributed by atoms with van der Waals surface area (Å²) < 4.78 is 1.72. The van der Waals surface area contributed by atoms with Gasteiger partial charge < -0.3 is 10.2 Å². The van der Waals surface area contributed by atoms with Crippen molar-refractivity contribution in [3.8, 4) is 0 Å². The molecule has 0 aliphatic rings. The molecule has 0 saturated heterocycles. The Balaban J connectivity index is 1.92. The third-order valence-corrected chi connectivity index (χ3v) is 2.88. The molecule has 1 heterocycles. The fraction of sp³-hybridized carbons (Fsp3) is 0.429.